The molecule has 1 aromatic carbocycles. The van der Waals surface area contributed by atoms with Gasteiger partial charge in [-0.3, -0.25) is 4.57 Å². The summed E-state index contributed by atoms with van der Waals surface area (Å²) in [6.07, 6.45) is -2.87. The highest BCUT2D eigenvalue weighted by Gasteiger charge is 2.30. The third-order valence-electron chi connectivity index (χ3n) is 5.93. The van der Waals surface area contributed by atoms with Gasteiger partial charge in [0.2, 0.25) is 5.95 Å². The number of benzene rings is 1. The van der Waals surface area contributed by atoms with E-state index in [1.54, 1.807) is 6.07 Å². The maximum atomic E-state index is 14.1. The fraction of sp³-hybridized carbons (Fsp3) is 0.500. The van der Waals surface area contributed by atoms with Gasteiger partial charge in [0.25, 0.3) is 6.43 Å². The van der Waals surface area contributed by atoms with Gasteiger partial charge in [-0.1, -0.05) is 11.6 Å². The first-order valence-corrected chi connectivity index (χ1v) is 11.5. The standard InChI is InChI=1S/C22H26ClF2N7O2/c1-22(2)12-31(5-8-34-22)17-11-16(30-3-6-33-7-4-30)27-21(28-17)32-15-10-13(26)9-14(23)18(15)29-20(32)19(24)25/h9-11,19H,3-8,12,26H2,1-2H3. The molecular formula is C22H26ClF2N7O2. The quantitative estimate of drug-likeness (QED) is 0.552. The molecule has 0 bridgehead atoms. The second-order valence-corrected chi connectivity index (χ2v) is 9.40. The van der Waals surface area contributed by atoms with Crippen molar-refractivity contribution in [2.45, 2.75) is 25.9 Å². The first-order valence-electron chi connectivity index (χ1n) is 11.1. The molecule has 0 amide bonds. The van der Waals surface area contributed by atoms with E-state index in [0.717, 1.165) is 0 Å². The highest BCUT2D eigenvalue weighted by atomic mass is 35.5. The largest absolute Gasteiger partial charge is 0.399 e. The van der Waals surface area contributed by atoms with Crippen LogP contribution in [0.25, 0.3) is 17.0 Å². The lowest BCUT2D eigenvalue weighted by atomic mass is 10.1. The fourth-order valence-corrected chi connectivity index (χ4v) is 4.63. The highest BCUT2D eigenvalue weighted by Crippen LogP contribution is 2.34. The Labute approximate surface area is 200 Å². The van der Waals surface area contributed by atoms with Crippen LogP contribution in [0.2, 0.25) is 5.02 Å². The Morgan fingerprint density at radius 2 is 1.68 bits per heavy atom. The van der Waals surface area contributed by atoms with Crippen molar-refractivity contribution in [3.63, 3.8) is 0 Å². The van der Waals surface area contributed by atoms with E-state index >= 15 is 0 Å². The molecule has 2 aromatic heterocycles. The molecule has 2 saturated heterocycles. The Balaban J connectivity index is 1.71. The minimum atomic E-state index is -2.87. The Morgan fingerprint density at radius 1 is 1.00 bits per heavy atom. The number of fused-ring (bicyclic) bond motifs is 1. The number of nitrogens with zero attached hydrogens (tertiary/aromatic N) is 6. The van der Waals surface area contributed by atoms with Gasteiger partial charge in [0.15, 0.2) is 5.82 Å². The lowest BCUT2D eigenvalue weighted by Crippen LogP contribution is -2.48. The Bertz CT molecular complexity index is 1210. The average molecular weight is 494 g/mol. The number of rotatable bonds is 4. The van der Waals surface area contributed by atoms with Gasteiger partial charge >= 0.3 is 0 Å². The fourth-order valence-electron chi connectivity index (χ4n) is 4.37. The van der Waals surface area contributed by atoms with Crippen molar-refractivity contribution in [3.05, 3.63) is 29.0 Å². The van der Waals surface area contributed by atoms with Crippen LogP contribution < -0.4 is 15.5 Å². The number of nitrogens with two attached hydrogens (primary N) is 1. The van der Waals surface area contributed by atoms with Gasteiger partial charge in [0, 0.05) is 37.9 Å². The summed E-state index contributed by atoms with van der Waals surface area (Å²) in [4.78, 5) is 17.7. The molecule has 0 radical (unpaired) electrons. The van der Waals surface area contributed by atoms with Gasteiger partial charge in [0.1, 0.15) is 17.2 Å². The SMILES string of the molecule is CC1(C)CN(c2cc(N3CCOCC3)nc(-n3c(C(F)F)nc4c(Cl)cc(N)cc43)n2)CCO1. The van der Waals surface area contributed by atoms with Crippen LogP contribution in [0.5, 0.6) is 0 Å². The summed E-state index contributed by atoms with van der Waals surface area (Å²) in [5, 5.41) is 0.190. The molecule has 0 unspecified atom stereocenters. The van der Waals surface area contributed by atoms with Crippen LogP contribution in [0.3, 0.4) is 0 Å². The number of hydrogen-bond donors (Lipinski definition) is 1. The number of anilines is 3. The van der Waals surface area contributed by atoms with Crippen molar-refractivity contribution in [1.29, 1.82) is 0 Å². The molecule has 2 N–H and O–H groups in total. The molecular weight excluding hydrogens is 468 g/mol. The summed E-state index contributed by atoms with van der Waals surface area (Å²) in [6.45, 7) is 8.14. The zero-order valence-corrected chi connectivity index (χ0v) is 19.7. The minimum absolute atomic E-state index is 0.0859. The maximum absolute atomic E-state index is 14.1. The molecule has 3 aromatic rings. The van der Waals surface area contributed by atoms with Crippen molar-refractivity contribution in [2.24, 2.45) is 0 Å². The van der Waals surface area contributed by atoms with Gasteiger partial charge in [-0.25, -0.2) is 13.8 Å². The topological polar surface area (TPSA) is 94.6 Å². The lowest BCUT2D eigenvalue weighted by molar-refractivity contribution is -0.0279. The zero-order chi connectivity index (χ0) is 24.0. The number of imidazole rings is 1. The lowest BCUT2D eigenvalue weighted by Gasteiger charge is -2.39. The number of halogens is 3. The molecule has 5 rings (SSSR count). The zero-order valence-electron chi connectivity index (χ0n) is 19.0. The Hall–Kier alpha value is -2.76. The number of aromatic nitrogens is 4. The summed E-state index contributed by atoms with van der Waals surface area (Å²) in [7, 11) is 0. The number of morpholine rings is 2. The molecule has 2 aliphatic rings. The summed E-state index contributed by atoms with van der Waals surface area (Å²) < 4.78 is 40.8. The van der Waals surface area contributed by atoms with E-state index in [4.69, 9.17) is 36.8 Å². The predicted octanol–water partition coefficient (Wildman–Crippen LogP) is 3.44. The van der Waals surface area contributed by atoms with E-state index in [2.05, 4.69) is 14.8 Å². The Morgan fingerprint density at radius 3 is 2.35 bits per heavy atom. The first kappa shape index (κ1) is 23.0. The highest BCUT2D eigenvalue weighted by molar-refractivity contribution is 6.35. The number of hydrogen-bond acceptors (Lipinski definition) is 8. The molecule has 2 aliphatic heterocycles. The van der Waals surface area contributed by atoms with E-state index in [0.29, 0.717) is 68.8 Å². The predicted molar refractivity (Wildman–Crippen MR) is 126 cm³/mol. The first-order chi connectivity index (χ1) is 16.2. The third kappa shape index (κ3) is 4.35. The molecule has 4 heterocycles. The van der Waals surface area contributed by atoms with Crippen molar-refractivity contribution >= 4 is 40.0 Å². The normalized spacial score (nSPS) is 18.8. The molecule has 182 valence electrons. The van der Waals surface area contributed by atoms with Crippen LogP contribution >= 0.6 is 11.6 Å². The van der Waals surface area contributed by atoms with Crippen LogP contribution in [0.15, 0.2) is 18.2 Å². The summed E-state index contributed by atoms with van der Waals surface area (Å²) in [6, 6.07) is 4.93. The van der Waals surface area contributed by atoms with Crippen LogP contribution in [0.1, 0.15) is 26.1 Å². The molecule has 0 aliphatic carbocycles. The smallest absolute Gasteiger partial charge is 0.296 e. The van der Waals surface area contributed by atoms with E-state index < -0.39 is 12.2 Å². The maximum Gasteiger partial charge on any atom is 0.296 e. The molecule has 12 heteroatoms. The number of ether oxygens (including phenoxy) is 2. The molecule has 34 heavy (non-hydrogen) atoms. The molecule has 0 spiro atoms. The molecule has 2 fully saturated rings. The Kier molecular flexibility index (Phi) is 5.95. The van der Waals surface area contributed by atoms with Crippen LogP contribution in [0, 0.1) is 0 Å². The third-order valence-corrected chi connectivity index (χ3v) is 6.22. The minimum Gasteiger partial charge on any atom is -0.399 e. The van der Waals surface area contributed by atoms with Gasteiger partial charge in [-0.15, -0.1) is 0 Å². The van der Waals surface area contributed by atoms with E-state index in [-0.39, 0.29) is 22.1 Å². The van der Waals surface area contributed by atoms with Gasteiger partial charge in [0.05, 0.1) is 36.0 Å². The molecule has 0 saturated carbocycles. The summed E-state index contributed by atoms with van der Waals surface area (Å²) in [5.74, 6) is 0.849. The van der Waals surface area contributed by atoms with Crippen molar-refractivity contribution < 1.29 is 18.3 Å². The summed E-state index contributed by atoms with van der Waals surface area (Å²) >= 11 is 6.29. The van der Waals surface area contributed by atoms with Gasteiger partial charge in [-0.05, 0) is 26.0 Å². The van der Waals surface area contributed by atoms with Gasteiger partial charge < -0.3 is 25.0 Å². The number of nitrogen functional groups attached to an aromatic ring is 1. The van der Waals surface area contributed by atoms with E-state index in [1.165, 1.54) is 10.6 Å². The molecule has 9 nitrogen and oxygen atoms in total. The van der Waals surface area contributed by atoms with Crippen molar-refractivity contribution in [1.82, 2.24) is 19.5 Å². The van der Waals surface area contributed by atoms with Crippen molar-refractivity contribution in [2.75, 3.05) is 61.5 Å². The van der Waals surface area contributed by atoms with Gasteiger partial charge in [-0.2, -0.15) is 9.97 Å². The average Bonchev–Trinajstić information content (AvgIpc) is 3.19. The van der Waals surface area contributed by atoms with Crippen molar-refractivity contribution in [3.8, 4) is 5.95 Å². The van der Waals surface area contributed by atoms with Crippen LogP contribution in [-0.4, -0.2) is 71.1 Å². The summed E-state index contributed by atoms with van der Waals surface area (Å²) in [5.41, 5.74) is 6.49. The monoisotopic (exact) mass is 493 g/mol. The van der Waals surface area contributed by atoms with Crippen LogP contribution in [-0.2, 0) is 9.47 Å². The second kappa shape index (κ2) is 8.79. The second-order valence-electron chi connectivity index (χ2n) is 8.99. The van der Waals surface area contributed by atoms with E-state index in [1.807, 2.05) is 19.9 Å². The number of alkyl halides is 2. The molecule has 0 atom stereocenters. The van der Waals surface area contributed by atoms with Crippen LogP contribution in [0.4, 0.5) is 26.1 Å². The van der Waals surface area contributed by atoms with E-state index in [9.17, 15) is 8.78 Å².